The number of hydrogen-bond donors (Lipinski definition) is 2. The minimum Gasteiger partial charge on any atom is -0.493 e. The van der Waals surface area contributed by atoms with Crippen molar-refractivity contribution in [1.82, 2.24) is 0 Å². The van der Waals surface area contributed by atoms with Crippen molar-refractivity contribution in [3.05, 3.63) is 28.2 Å². The topological polar surface area (TPSA) is 59.1 Å². The molecule has 0 amide bonds. The van der Waals surface area contributed by atoms with Gasteiger partial charge in [0.05, 0.1) is 12.2 Å². The Morgan fingerprint density at radius 3 is 2.76 bits per heavy atom. The van der Waals surface area contributed by atoms with Gasteiger partial charge in [-0.05, 0) is 46.8 Å². The van der Waals surface area contributed by atoms with Gasteiger partial charge in [-0.15, -0.1) is 0 Å². The summed E-state index contributed by atoms with van der Waals surface area (Å²) in [5.74, 6) is 1.39. The van der Waals surface area contributed by atoms with E-state index in [4.69, 9.17) is 15.9 Å². The summed E-state index contributed by atoms with van der Waals surface area (Å²) in [7, 11) is 0. The third kappa shape index (κ3) is 4.38. The van der Waals surface area contributed by atoms with Gasteiger partial charge in [0.15, 0.2) is 0 Å². The molecule has 0 saturated carbocycles. The molecule has 0 unspecified atom stereocenters. The van der Waals surface area contributed by atoms with E-state index in [0.717, 1.165) is 17.3 Å². The second-order valence-electron chi connectivity index (χ2n) is 4.41. The number of ether oxygens (including phenoxy) is 1. The molecule has 0 aliphatic heterocycles. The molecule has 3 nitrogen and oxygen atoms in total. The molecule has 0 aromatic heterocycles. The highest BCUT2D eigenvalue weighted by Crippen LogP contribution is 2.26. The van der Waals surface area contributed by atoms with Crippen LogP contribution in [0.5, 0.6) is 5.75 Å². The first kappa shape index (κ1) is 14.0. The molecule has 0 bridgehead atoms. The lowest BCUT2D eigenvalue weighted by molar-refractivity contribution is 0.297. The van der Waals surface area contributed by atoms with Crippen LogP contribution < -0.4 is 10.5 Å². The van der Waals surface area contributed by atoms with E-state index in [9.17, 15) is 0 Å². The van der Waals surface area contributed by atoms with Gasteiger partial charge in [-0.1, -0.05) is 19.9 Å². The monoisotopic (exact) mass is 298 g/mol. The number of benzene rings is 1. The second-order valence-corrected chi connectivity index (χ2v) is 5.27. The molecule has 3 N–H and O–H groups in total. The van der Waals surface area contributed by atoms with Gasteiger partial charge in [-0.25, -0.2) is 0 Å². The Balaban J connectivity index is 2.64. The number of rotatable bonds is 6. The molecule has 1 rings (SSSR count). The highest BCUT2D eigenvalue weighted by molar-refractivity contribution is 9.10. The standard InChI is InChI=1S/C13H19BrN2O/c1-9(2)5-4-8-17-11-7-3-6-10(14)12(11)13(15)16/h3,6-7,9H,4-5,8H2,1-2H3,(H3,15,16). The fourth-order valence-electron chi connectivity index (χ4n) is 1.56. The lowest BCUT2D eigenvalue weighted by atomic mass is 10.1. The molecule has 1 aromatic carbocycles. The van der Waals surface area contributed by atoms with Gasteiger partial charge in [-0.2, -0.15) is 0 Å². The summed E-state index contributed by atoms with van der Waals surface area (Å²) in [6, 6.07) is 5.59. The Labute approximate surface area is 111 Å². The Morgan fingerprint density at radius 1 is 1.47 bits per heavy atom. The fourth-order valence-corrected chi connectivity index (χ4v) is 2.12. The molecule has 1 aromatic rings. The van der Waals surface area contributed by atoms with Crippen LogP contribution in [0, 0.1) is 11.3 Å². The summed E-state index contributed by atoms with van der Waals surface area (Å²) in [6.07, 6.45) is 2.16. The quantitative estimate of drug-likeness (QED) is 0.479. The van der Waals surface area contributed by atoms with Gasteiger partial charge in [0.1, 0.15) is 11.6 Å². The highest BCUT2D eigenvalue weighted by Gasteiger charge is 2.10. The van der Waals surface area contributed by atoms with Crippen molar-refractivity contribution in [2.75, 3.05) is 6.61 Å². The first-order valence-corrected chi connectivity index (χ1v) is 6.57. The number of halogens is 1. The molecule has 0 heterocycles. The number of hydrogen-bond acceptors (Lipinski definition) is 2. The van der Waals surface area contributed by atoms with Crippen LogP contribution in [-0.2, 0) is 0 Å². The van der Waals surface area contributed by atoms with Gasteiger partial charge in [0, 0.05) is 4.47 Å². The van der Waals surface area contributed by atoms with Crippen LogP contribution in [-0.4, -0.2) is 12.4 Å². The Morgan fingerprint density at radius 2 is 2.18 bits per heavy atom. The van der Waals surface area contributed by atoms with Crippen molar-refractivity contribution in [2.24, 2.45) is 11.7 Å². The Hall–Kier alpha value is -1.03. The van der Waals surface area contributed by atoms with E-state index in [1.54, 1.807) is 0 Å². The first-order chi connectivity index (χ1) is 8.02. The summed E-state index contributed by atoms with van der Waals surface area (Å²) >= 11 is 3.38. The maximum absolute atomic E-state index is 7.53. The molecule has 0 aliphatic rings. The molecule has 0 radical (unpaired) electrons. The molecule has 17 heavy (non-hydrogen) atoms. The summed E-state index contributed by atoms with van der Waals surface area (Å²) in [5, 5.41) is 7.53. The molecule has 94 valence electrons. The van der Waals surface area contributed by atoms with Crippen molar-refractivity contribution in [2.45, 2.75) is 26.7 Å². The lowest BCUT2D eigenvalue weighted by Gasteiger charge is -2.12. The van der Waals surface area contributed by atoms with Crippen molar-refractivity contribution in [3.63, 3.8) is 0 Å². The average Bonchev–Trinajstić information content (AvgIpc) is 2.23. The van der Waals surface area contributed by atoms with Gasteiger partial charge >= 0.3 is 0 Å². The second kappa shape index (κ2) is 6.64. The molecule has 0 spiro atoms. The van der Waals surface area contributed by atoms with Crippen molar-refractivity contribution >= 4 is 21.8 Å². The summed E-state index contributed by atoms with van der Waals surface area (Å²) in [6.45, 7) is 5.05. The van der Waals surface area contributed by atoms with Crippen LogP contribution >= 0.6 is 15.9 Å². The predicted octanol–water partition coefficient (Wildman–Crippen LogP) is 3.55. The Bertz CT molecular complexity index is 391. The van der Waals surface area contributed by atoms with Crippen LogP contribution in [0.2, 0.25) is 0 Å². The number of amidine groups is 1. The zero-order valence-electron chi connectivity index (χ0n) is 10.3. The molecule has 0 aliphatic carbocycles. The smallest absolute Gasteiger partial charge is 0.131 e. The third-order valence-electron chi connectivity index (χ3n) is 2.43. The fraction of sp³-hybridized carbons (Fsp3) is 0.462. The van der Waals surface area contributed by atoms with Gasteiger partial charge in [-0.3, -0.25) is 5.41 Å². The van der Waals surface area contributed by atoms with Gasteiger partial charge in [0.2, 0.25) is 0 Å². The lowest BCUT2D eigenvalue weighted by Crippen LogP contribution is -2.14. The Kier molecular flexibility index (Phi) is 5.48. The van der Waals surface area contributed by atoms with Crippen molar-refractivity contribution in [3.8, 4) is 5.75 Å². The number of nitrogens with one attached hydrogen (secondary N) is 1. The zero-order chi connectivity index (χ0) is 12.8. The van der Waals surface area contributed by atoms with Crippen molar-refractivity contribution in [1.29, 1.82) is 5.41 Å². The van der Waals surface area contributed by atoms with E-state index in [2.05, 4.69) is 29.8 Å². The van der Waals surface area contributed by atoms with E-state index in [1.807, 2.05) is 18.2 Å². The average molecular weight is 299 g/mol. The van der Waals surface area contributed by atoms with Crippen molar-refractivity contribution < 1.29 is 4.74 Å². The van der Waals surface area contributed by atoms with Crippen LogP contribution in [0.4, 0.5) is 0 Å². The first-order valence-electron chi connectivity index (χ1n) is 5.78. The van der Waals surface area contributed by atoms with Crippen LogP contribution in [0.1, 0.15) is 32.3 Å². The van der Waals surface area contributed by atoms with Crippen LogP contribution in [0.3, 0.4) is 0 Å². The normalized spacial score (nSPS) is 10.6. The molecular formula is C13H19BrN2O. The SMILES string of the molecule is CC(C)CCCOc1cccc(Br)c1C(=N)N. The summed E-state index contributed by atoms with van der Waals surface area (Å²) < 4.78 is 6.48. The van der Waals surface area contributed by atoms with Gasteiger partial charge in [0.25, 0.3) is 0 Å². The van der Waals surface area contributed by atoms with E-state index < -0.39 is 0 Å². The summed E-state index contributed by atoms with van der Waals surface area (Å²) in [5.41, 5.74) is 6.18. The van der Waals surface area contributed by atoms with E-state index in [-0.39, 0.29) is 5.84 Å². The largest absolute Gasteiger partial charge is 0.493 e. The number of nitrogens with two attached hydrogens (primary N) is 1. The highest BCUT2D eigenvalue weighted by atomic mass is 79.9. The molecule has 0 fully saturated rings. The third-order valence-corrected chi connectivity index (χ3v) is 3.09. The molecule has 0 atom stereocenters. The van der Waals surface area contributed by atoms with Crippen LogP contribution in [0.15, 0.2) is 22.7 Å². The minimum atomic E-state index is 0.0244. The van der Waals surface area contributed by atoms with Gasteiger partial charge < -0.3 is 10.5 Å². The minimum absolute atomic E-state index is 0.0244. The molecular weight excluding hydrogens is 280 g/mol. The molecule has 0 saturated heterocycles. The maximum Gasteiger partial charge on any atom is 0.131 e. The maximum atomic E-state index is 7.53. The van der Waals surface area contributed by atoms with E-state index in [0.29, 0.717) is 23.8 Å². The molecule has 4 heteroatoms. The predicted molar refractivity (Wildman–Crippen MR) is 74.7 cm³/mol. The summed E-state index contributed by atoms with van der Waals surface area (Å²) in [4.78, 5) is 0. The van der Waals surface area contributed by atoms with E-state index >= 15 is 0 Å². The number of nitrogen functional groups attached to an aromatic ring is 1. The van der Waals surface area contributed by atoms with Crippen LogP contribution in [0.25, 0.3) is 0 Å². The van der Waals surface area contributed by atoms with E-state index in [1.165, 1.54) is 0 Å². The zero-order valence-corrected chi connectivity index (χ0v) is 11.9.